The van der Waals surface area contributed by atoms with Crippen LogP contribution in [0.3, 0.4) is 0 Å². The molecule has 3 heteroatoms. The molecule has 0 spiro atoms. The third kappa shape index (κ3) is 3.56. The SMILES string of the molecule is CC=C(Cc1ccccc1)C(=O)OOC. The topological polar surface area (TPSA) is 35.5 Å². The first-order valence-corrected chi connectivity index (χ1v) is 4.72. The van der Waals surface area contributed by atoms with Crippen LogP contribution in [0.5, 0.6) is 0 Å². The minimum atomic E-state index is -0.441. The second-order valence-corrected chi connectivity index (χ2v) is 3.01. The van der Waals surface area contributed by atoms with Gasteiger partial charge in [0.2, 0.25) is 0 Å². The highest BCUT2D eigenvalue weighted by Crippen LogP contribution is 2.09. The summed E-state index contributed by atoms with van der Waals surface area (Å²) in [7, 11) is 1.31. The van der Waals surface area contributed by atoms with Gasteiger partial charge in [0.25, 0.3) is 0 Å². The van der Waals surface area contributed by atoms with Gasteiger partial charge in [-0.25, -0.2) is 4.79 Å². The summed E-state index contributed by atoms with van der Waals surface area (Å²) >= 11 is 0. The van der Waals surface area contributed by atoms with E-state index in [-0.39, 0.29) is 0 Å². The fraction of sp³-hybridized carbons (Fsp3) is 0.250. The minimum Gasteiger partial charge on any atom is -0.293 e. The zero-order chi connectivity index (χ0) is 11.1. The van der Waals surface area contributed by atoms with Crippen molar-refractivity contribution in [2.45, 2.75) is 13.3 Å². The predicted molar refractivity (Wildman–Crippen MR) is 57.0 cm³/mol. The van der Waals surface area contributed by atoms with Gasteiger partial charge in [0.05, 0.1) is 7.11 Å². The van der Waals surface area contributed by atoms with Crippen LogP contribution in [0.2, 0.25) is 0 Å². The second kappa shape index (κ2) is 5.98. The lowest BCUT2D eigenvalue weighted by Crippen LogP contribution is -2.09. The lowest BCUT2D eigenvalue weighted by Gasteiger charge is -2.04. The number of allylic oxidation sites excluding steroid dienone is 1. The Hall–Kier alpha value is -1.61. The van der Waals surface area contributed by atoms with E-state index in [1.807, 2.05) is 30.3 Å². The molecule has 1 aromatic carbocycles. The molecule has 80 valence electrons. The molecule has 3 nitrogen and oxygen atoms in total. The Balaban J connectivity index is 2.67. The van der Waals surface area contributed by atoms with Gasteiger partial charge in [0.1, 0.15) is 0 Å². The zero-order valence-electron chi connectivity index (χ0n) is 8.90. The summed E-state index contributed by atoms with van der Waals surface area (Å²) in [5.41, 5.74) is 1.65. The molecule has 0 atom stereocenters. The van der Waals surface area contributed by atoms with Crippen LogP contribution in [0.15, 0.2) is 42.0 Å². The molecular formula is C12H14O3. The third-order valence-corrected chi connectivity index (χ3v) is 2.01. The van der Waals surface area contributed by atoms with E-state index >= 15 is 0 Å². The zero-order valence-corrected chi connectivity index (χ0v) is 8.90. The van der Waals surface area contributed by atoms with Crippen molar-refractivity contribution < 1.29 is 14.6 Å². The molecule has 0 saturated heterocycles. The number of hydrogen-bond donors (Lipinski definition) is 0. The summed E-state index contributed by atoms with van der Waals surface area (Å²) in [6.07, 6.45) is 2.29. The van der Waals surface area contributed by atoms with Crippen molar-refractivity contribution in [3.05, 3.63) is 47.5 Å². The lowest BCUT2D eigenvalue weighted by atomic mass is 10.1. The second-order valence-electron chi connectivity index (χ2n) is 3.01. The van der Waals surface area contributed by atoms with E-state index in [4.69, 9.17) is 0 Å². The van der Waals surface area contributed by atoms with Gasteiger partial charge in [-0.05, 0) is 12.5 Å². The Bertz CT molecular complexity index is 341. The van der Waals surface area contributed by atoms with Crippen LogP contribution in [0.1, 0.15) is 12.5 Å². The highest BCUT2D eigenvalue weighted by molar-refractivity contribution is 5.88. The number of carbonyl (C=O) groups is 1. The maximum Gasteiger partial charge on any atom is 0.369 e. The van der Waals surface area contributed by atoms with E-state index in [0.29, 0.717) is 12.0 Å². The summed E-state index contributed by atoms with van der Waals surface area (Å²) in [5.74, 6) is -0.441. The lowest BCUT2D eigenvalue weighted by molar-refractivity contribution is -0.250. The van der Waals surface area contributed by atoms with Crippen LogP contribution < -0.4 is 0 Å². The number of rotatable bonds is 4. The molecule has 0 aliphatic carbocycles. The molecule has 0 fully saturated rings. The Kier molecular flexibility index (Phi) is 4.57. The maximum absolute atomic E-state index is 11.4. The third-order valence-electron chi connectivity index (χ3n) is 2.01. The van der Waals surface area contributed by atoms with E-state index in [0.717, 1.165) is 5.56 Å². The molecule has 0 unspecified atom stereocenters. The Morgan fingerprint density at radius 2 is 2.00 bits per heavy atom. The van der Waals surface area contributed by atoms with Gasteiger partial charge in [-0.15, -0.1) is 0 Å². The first kappa shape index (κ1) is 11.5. The highest BCUT2D eigenvalue weighted by Gasteiger charge is 2.10. The molecule has 0 amide bonds. The summed E-state index contributed by atoms with van der Waals surface area (Å²) in [6.45, 7) is 1.80. The quantitative estimate of drug-likeness (QED) is 0.430. The van der Waals surface area contributed by atoms with Gasteiger partial charge in [0, 0.05) is 12.0 Å². The molecule has 0 heterocycles. The molecular weight excluding hydrogens is 192 g/mol. The number of carbonyl (C=O) groups excluding carboxylic acids is 1. The fourth-order valence-corrected chi connectivity index (χ4v) is 1.24. The first-order chi connectivity index (χ1) is 7.27. The smallest absolute Gasteiger partial charge is 0.293 e. The summed E-state index contributed by atoms with van der Waals surface area (Å²) in [6, 6.07) is 9.73. The van der Waals surface area contributed by atoms with Gasteiger partial charge >= 0.3 is 5.97 Å². The van der Waals surface area contributed by atoms with Crippen molar-refractivity contribution in [1.82, 2.24) is 0 Å². The molecule has 0 saturated carbocycles. The number of hydrogen-bond acceptors (Lipinski definition) is 3. The van der Waals surface area contributed by atoms with E-state index in [1.165, 1.54) is 7.11 Å². The van der Waals surface area contributed by atoms with Gasteiger partial charge in [0.15, 0.2) is 0 Å². The van der Waals surface area contributed by atoms with Crippen molar-refractivity contribution in [2.75, 3.05) is 7.11 Å². The molecule has 0 bridgehead atoms. The molecule has 0 radical (unpaired) electrons. The van der Waals surface area contributed by atoms with Crippen LogP contribution in [0.25, 0.3) is 0 Å². The maximum atomic E-state index is 11.4. The van der Waals surface area contributed by atoms with Crippen molar-refractivity contribution in [1.29, 1.82) is 0 Å². The molecule has 0 aliphatic rings. The normalized spacial score (nSPS) is 11.2. The summed E-state index contributed by atoms with van der Waals surface area (Å²) < 4.78 is 0. The average Bonchev–Trinajstić information content (AvgIpc) is 2.27. The summed E-state index contributed by atoms with van der Waals surface area (Å²) in [5, 5.41) is 0. The fourth-order valence-electron chi connectivity index (χ4n) is 1.24. The van der Waals surface area contributed by atoms with Crippen LogP contribution in [-0.4, -0.2) is 13.1 Å². The van der Waals surface area contributed by atoms with Gasteiger partial charge in [-0.3, -0.25) is 4.89 Å². The highest BCUT2D eigenvalue weighted by atomic mass is 17.2. The van der Waals surface area contributed by atoms with Crippen LogP contribution >= 0.6 is 0 Å². The minimum absolute atomic E-state index is 0.441. The monoisotopic (exact) mass is 206 g/mol. The Morgan fingerprint density at radius 1 is 1.33 bits per heavy atom. The van der Waals surface area contributed by atoms with Gasteiger partial charge < -0.3 is 0 Å². The van der Waals surface area contributed by atoms with Crippen molar-refractivity contribution in [3.63, 3.8) is 0 Å². The van der Waals surface area contributed by atoms with Gasteiger partial charge in [-0.2, -0.15) is 4.89 Å². The number of benzene rings is 1. The van der Waals surface area contributed by atoms with Crippen molar-refractivity contribution in [3.8, 4) is 0 Å². The standard InChI is InChI=1S/C12H14O3/c1-3-11(12(13)15-14-2)9-10-7-5-4-6-8-10/h3-8H,9H2,1-2H3. The molecule has 0 N–H and O–H groups in total. The first-order valence-electron chi connectivity index (χ1n) is 4.72. The van der Waals surface area contributed by atoms with E-state index in [2.05, 4.69) is 9.78 Å². The largest absolute Gasteiger partial charge is 0.369 e. The Labute approximate surface area is 89.2 Å². The van der Waals surface area contributed by atoms with E-state index in [9.17, 15) is 4.79 Å². The van der Waals surface area contributed by atoms with Crippen LogP contribution in [0.4, 0.5) is 0 Å². The average molecular weight is 206 g/mol. The molecule has 0 aliphatic heterocycles. The molecule has 15 heavy (non-hydrogen) atoms. The van der Waals surface area contributed by atoms with E-state index in [1.54, 1.807) is 13.0 Å². The molecule has 1 aromatic rings. The van der Waals surface area contributed by atoms with Crippen LogP contribution in [-0.2, 0) is 21.0 Å². The van der Waals surface area contributed by atoms with Crippen LogP contribution in [0, 0.1) is 0 Å². The molecule has 0 aromatic heterocycles. The van der Waals surface area contributed by atoms with E-state index < -0.39 is 5.97 Å². The van der Waals surface area contributed by atoms with Crippen molar-refractivity contribution in [2.24, 2.45) is 0 Å². The molecule has 1 rings (SSSR count). The van der Waals surface area contributed by atoms with Crippen molar-refractivity contribution >= 4 is 5.97 Å². The Morgan fingerprint density at radius 3 is 2.53 bits per heavy atom. The predicted octanol–water partition coefficient (Wildman–Crippen LogP) is 2.28. The van der Waals surface area contributed by atoms with Gasteiger partial charge in [-0.1, -0.05) is 36.4 Å². The summed E-state index contributed by atoms with van der Waals surface area (Å²) in [4.78, 5) is 20.2.